The highest BCUT2D eigenvalue weighted by molar-refractivity contribution is 7.92. The summed E-state index contributed by atoms with van der Waals surface area (Å²) in [6, 6.07) is 18.1. The second-order valence-corrected chi connectivity index (χ2v) is 13.2. The van der Waals surface area contributed by atoms with Gasteiger partial charge in [0.25, 0.3) is 11.8 Å². The zero-order chi connectivity index (χ0) is 31.5. The van der Waals surface area contributed by atoms with Gasteiger partial charge in [-0.15, -0.1) is 0 Å². The number of amides is 2. The fourth-order valence-electron chi connectivity index (χ4n) is 4.54. The molecule has 4 aromatic rings. The van der Waals surface area contributed by atoms with Gasteiger partial charge in [0.2, 0.25) is 10.0 Å². The Balaban J connectivity index is 1.61. The molecule has 1 aromatic heterocycles. The zero-order valence-corrected chi connectivity index (χ0v) is 26.2. The maximum Gasteiger partial charge on any atom is 0.271 e. The van der Waals surface area contributed by atoms with E-state index >= 15 is 0 Å². The molecule has 1 heterocycles. The van der Waals surface area contributed by atoms with Crippen LogP contribution >= 0.6 is 0 Å². The largest absolute Gasteiger partial charge is 0.492 e. The SMILES string of the molecule is COc1c(NC(=O)c2ccc(C)c(-n3cnc(C(=O)N[C@H](C)c4ccccc4)c3)c2)cc(C(C)(C)C)cc1NS(C)(=O)=O. The Hall–Kier alpha value is -4.64. The van der Waals surface area contributed by atoms with Gasteiger partial charge < -0.3 is 19.9 Å². The molecule has 10 nitrogen and oxygen atoms in total. The molecular weight excluding hydrogens is 566 g/mol. The van der Waals surface area contributed by atoms with Gasteiger partial charge in [-0.25, -0.2) is 13.4 Å². The molecule has 2 amide bonds. The van der Waals surface area contributed by atoms with Crippen LogP contribution in [0.3, 0.4) is 0 Å². The molecule has 11 heteroatoms. The van der Waals surface area contributed by atoms with Gasteiger partial charge in [0.1, 0.15) is 12.0 Å². The summed E-state index contributed by atoms with van der Waals surface area (Å²) < 4.78 is 33.8. The second kappa shape index (κ2) is 12.3. The summed E-state index contributed by atoms with van der Waals surface area (Å²) in [5.41, 5.74) is 4.10. The van der Waals surface area contributed by atoms with E-state index in [9.17, 15) is 18.0 Å². The van der Waals surface area contributed by atoms with E-state index in [0.29, 0.717) is 16.9 Å². The Morgan fingerprint density at radius 1 is 0.977 bits per heavy atom. The van der Waals surface area contributed by atoms with Crippen LogP contribution in [0.1, 0.15) is 71.3 Å². The number of methoxy groups -OCH3 is 1. The number of benzene rings is 3. The number of aryl methyl sites for hydroxylation is 1. The van der Waals surface area contributed by atoms with Crippen LogP contribution < -0.4 is 20.1 Å². The van der Waals surface area contributed by atoms with Crippen molar-refractivity contribution in [3.63, 3.8) is 0 Å². The molecule has 0 fully saturated rings. The Bertz CT molecular complexity index is 1760. The summed E-state index contributed by atoms with van der Waals surface area (Å²) in [6.45, 7) is 9.76. The molecule has 0 bridgehead atoms. The summed E-state index contributed by atoms with van der Waals surface area (Å²) in [7, 11) is -2.21. The van der Waals surface area contributed by atoms with Gasteiger partial charge in [-0.3, -0.25) is 14.3 Å². The Morgan fingerprint density at radius 2 is 1.65 bits per heavy atom. The van der Waals surface area contributed by atoms with Crippen molar-refractivity contribution in [2.45, 2.75) is 46.1 Å². The lowest BCUT2D eigenvalue weighted by Gasteiger charge is -2.24. The minimum absolute atomic E-state index is 0.189. The van der Waals surface area contributed by atoms with Crippen molar-refractivity contribution in [3.8, 4) is 11.4 Å². The van der Waals surface area contributed by atoms with Crippen LogP contribution in [0.4, 0.5) is 11.4 Å². The molecule has 226 valence electrons. The van der Waals surface area contributed by atoms with E-state index < -0.39 is 15.9 Å². The summed E-state index contributed by atoms with van der Waals surface area (Å²) >= 11 is 0. The Labute approximate surface area is 252 Å². The standard InChI is InChI=1S/C32H37N5O5S/c1-20-13-14-23(15-28(20)37-18-27(33-19-37)31(39)34-21(2)22-11-9-8-10-12-22)30(38)35-25-16-24(32(3,4)5)17-26(29(25)42-6)36-43(7,40)41/h8-19,21,36H,1-7H3,(H,34,39)(H,35,38)/t21-/m1/s1. The van der Waals surface area contributed by atoms with E-state index in [1.54, 1.807) is 41.1 Å². The normalized spacial score (nSPS) is 12.3. The molecule has 4 rings (SSSR count). The lowest BCUT2D eigenvalue weighted by atomic mass is 9.86. The minimum Gasteiger partial charge on any atom is -0.492 e. The number of anilines is 2. The number of rotatable bonds is 9. The molecule has 1 atom stereocenters. The van der Waals surface area contributed by atoms with Crippen LogP contribution in [-0.4, -0.2) is 43.1 Å². The summed E-state index contributed by atoms with van der Waals surface area (Å²) in [4.78, 5) is 30.7. The summed E-state index contributed by atoms with van der Waals surface area (Å²) in [6.07, 6.45) is 4.21. The number of imidazole rings is 1. The van der Waals surface area contributed by atoms with Crippen molar-refractivity contribution in [2.75, 3.05) is 23.4 Å². The van der Waals surface area contributed by atoms with Gasteiger partial charge in [0, 0.05) is 11.8 Å². The maximum absolute atomic E-state index is 13.5. The topological polar surface area (TPSA) is 131 Å². The van der Waals surface area contributed by atoms with E-state index in [1.807, 2.05) is 65.0 Å². The molecule has 3 N–H and O–H groups in total. The van der Waals surface area contributed by atoms with Crippen molar-refractivity contribution in [3.05, 3.63) is 101 Å². The number of nitrogens with one attached hydrogen (secondary N) is 3. The summed E-state index contributed by atoms with van der Waals surface area (Å²) in [5.74, 6) is -0.550. The number of aromatic nitrogens is 2. The number of hydrogen-bond acceptors (Lipinski definition) is 6. The van der Waals surface area contributed by atoms with Crippen LogP contribution in [0.2, 0.25) is 0 Å². The third-order valence-electron chi connectivity index (χ3n) is 6.91. The summed E-state index contributed by atoms with van der Waals surface area (Å²) in [5, 5.41) is 5.85. The van der Waals surface area contributed by atoms with Gasteiger partial charge in [-0.2, -0.15) is 0 Å². The number of hydrogen-bond donors (Lipinski definition) is 3. The van der Waals surface area contributed by atoms with Gasteiger partial charge in [-0.1, -0.05) is 57.2 Å². The van der Waals surface area contributed by atoms with Gasteiger partial charge in [0.15, 0.2) is 5.75 Å². The Morgan fingerprint density at radius 3 is 2.28 bits per heavy atom. The lowest BCUT2D eigenvalue weighted by molar-refractivity contribution is 0.0934. The van der Waals surface area contributed by atoms with Crippen molar-refractivity contribution in [1.82, 2.24) is 14.9 Å². The highest BCUT2D eigenvalue weighted by Crippen LogP contribution is 2.39. The van der Waals surface area contributed by atoms with E-state index in [4.69, 9.17) is 4.74 Å². The first-order valence-electron chi connectivity index (χ1n) is 13.7. The fraction of sp³-hybridized carbons (Fsp3) is 0.281. The molecule has 0 aliphatic heterocycles. The minimum atomic E-state index is -3.62. The predicted molar refractivity (Wildman–Crippen MR) is 169 cm³/mol. The second-order valence-electron chi connectivity index (χ2n) is 11.5. The fourth-order valence-corrected chi connectivity index (χ4v) is 5.09. The Kier molecular flexibility index (Phi) is 8.96. The lowest BCUT2D eigenvalue weighted by Crippen LogP contribution is -2.26. The predicted octanol–water partition coefficient (Wildman–Crippen LogP) is 5.60. The quantitative estimate of drug-likeness (QED) is 0.228. The first-order valence-corrected chi connectivity index (χ1v) is 15.6. The van der Waals surface area contributed by atoms with Gasteiger partial charge in [-0.05, 0) is 60.2 Å². The zero-order valence-electron chi connectivity index (χ0n) is 25.3. The average molecular weight is 604 g/mol. The first kappa shape index (κ1) is 31.3. The van der Waals surface area contributed by atoms with E-state index in [1.165, 1.54) is 13.4 Å². The average Bonchev–Trinajstić information content (AvgIpc) is 3.42. The molecule has 3 aromatic carbocycles. The van der Waals surface area contributed by atoms with E-state index in [2.05, 4.69) is 20.3 Å². The van der Waals surface area contributed by atoms with Crippen molar-refractivity contribution < 1.29 is 22.7 Å². The van der Waals surface area contributed by atoms with Gasteiger partial charge >= 0.3 is 0 Å². The van der Waals surface area contributed by atoms with E-state index in [-0.39, 0.29) is 34.5 Å². The smallest absolute Gasteiger partial charge is 0.271 e. The molecule has 43 heavy (non-hydrogen) atoms. The van der Waals surface area contributed by atoms with Crippen LogP contribution in [0.25, 0.3) is 5.69 Å². The number of sulfonamides is 1. The number of carbonyl (C=O) groups excluding carboxylic acids is 2. The van der Waals surface area contributed by atoms with Crippen molar-refractivity contribution in [2.24, 2.45) is 0 Å². The molecule has 0 spiro atoms. The third-order valence-corrected chi connectivity index (χ3v) is 7.51. The van der Waals surface area contributed by atoms with Crippen LogP contribution in [0.5, 0.6) is 5.75 Å². The molecule has 0 saturated heterocycles. The highest BCUT2D eigenvalue weighted by atomic mass is 32.2. The van der Waals surface area contributed by atoms with Crippen LogP contribution in [0.15, 0.2) is 73.2 Å². The maximum atomic E-state index is 13.5. The molecule has 0 saturated carbocycles. The van der Waals surface area contributed by atoms with E-state index in [0.717, 1.165) is 22.9 Å². The third kappa shape index (κ3) is 7.61. The number of nitrogens with zero attached hydrogens (tertiary/aromatic N) is 2. The molecular formula is C32H37N5O5S. The molecule has 0 unspecified atom stereocenters. The number of ether oxygens (including phenoxy) is 1. The molecule has 0 aliphatic carbocycles. The highest BCUT2D eigenvalue weighted by Gasteiger charge is 2.23. The van der Waals surface area contributed by atoms with Gasteiger partial charge in [0.05, 0.1) is 36.5 Å². The first-order chi connectivity index (χ1) is 20.2. The van der Waals surface area contributed by atoms with Crippen molar-refractivity contribution >= 4 is 33.2 Å². The van der Waals surface area contributed by atoms with Crippen LogP contribution in [0, 0.1) is 6.92 Å². The molecule has 0 aliphatic rings. The van der Waals surface area contributed by atoms with Crippen molar-refractivity contribution in [1.29, 1.82) is 0 Å². The van der Waals surface area contributed by atoms with Crippen LogP contribution in [-0.2, 0) is 15.4 Å². The number of carbonyl (C=O) groups is 2. The monoisotopic (exact) mass is 603 g/mol. The molecule has 0 radical (unpaired) electrons.